The van der Waals surface area contributed by atoms with Crippen molar-refractivity contribution in [2.45, 2.75) is 11.9 Å². The van der Waals surface area contributed by atoms with E-state index in [0.29, 0.717) is 0 Å². The van der Waals surface area contributed by atoms with Gasteiger partial charge in [0, 0.05) is 0 Å². The molecule has 12 heteroatoms. The fraction of sp³-hybridized carbons (Fsp3) is 1.00. The second-order valence-corrected chi connectivity index (χ2v) is 5.67. The Balaban J connectivity index is 4.83. The molecule has 0 aliphatic rings. The molecule has 0 aromatic rings. The van der Waals surface area contributed by atoms with E-state index in [9.17, 15) is 39.3 Å². The largest absolute Gasteiger partial charge is 0.592 e. The highest BCUT2D eigenvalue weighted by Crippen LogP contribution is 2.32. The van der Waals surface area contributed by atoms with Crippen molar-refractivity contribution in [1.29, 1.82) is 0 Å². The maximum Gasteiger partial charge on any atom is 0.592 e. The fourth-order valence-electron chi connectivity index (χ4n) is 0.262. The SMILES string of the molecule is O=S(=O)(OC(F)(F)F)[S+]([O-])C(F)(F)F. The van der Waals surface area contributed by atoms with Crippen molar-refractivity contribution < 1.29 is 43.5 Å². The van der Waals surface area contributed by atoms with Crippen molar-refractivity contribution in [1.82, 2.24) is 0 Å². The minimum atomic E-state index is -6.25. The first-order valence-corrected chi connectivity index (χ1v) is 5.45. The third-order valence-electron chi connectivity index (χ3n) is 0.571. The summed E-state index contributed by atoms with van der Waals surface area (Å²) >= 11 is 0. The second-order valence-electron chi connectivity index (χ2n) is 1.62. The van der Waals surface area contributed by atoms with E-state index in [0.717, 1.165) is 0 Å². The molecule has 0 rings (SSSR count). The van der Waals surface area contributed by atoms with Gasteiger partial charge in [-0.15, -0.1) is 38.9 Å². The van der Waals surface area contributed by atoms with Gasteiger partial charge in [0.05, 0.1) is 0 Å². The molecular weight excluding hydrogens is 266 g/mol. The fourth-order valence-corrected chi connectivity index (χ4v) is 1.90. The minimum Gasteiger partial charge on any atom is -0.592 e. The third-order valence-corrected chi connectivity index (χ3v) is 3.60. The molecule has 1 unspecified atom stereocenters. The van der Waals surface area contributed by atoms with E-state index in [1.54, 1.807) is 0 Å². The van der Waals surface area contributed by atoms with Gasteiger partial charge in [0.25, 0.3) is 0 Å². The topological polar surface area (TPSA) is 66.4 Å². The Morgan fingerprint density at radius 1 is 1.07 bits per heavy atom. The molecule has 86 valence electrons. The summed E-state index contributed by atoms with van der Waals surface area (Å²) in [6, 6.07) is 0. The van der Waals surface area contributed by atoms with E-state index in [4.69, 9.17) is 0 Å². The lowest BCUT2D eigenvalue weighted by Gasteiger charge is -2.12. The molecule has 0 fully saturated rings. The number of alkyl halides is 6. The summed E-state index contributed by atoms with van der Waals surface area (Å²) in [6.45, 7) is 0. The van der Waals surface area contributed by atoms with E-state index in [1.165, 1.54) is 0 Å². The second kappa shape index (κ2) is 3.75. The average Bonchev–Trinajstić information content (AvgIpc) is 1.78. The molecule has 0 aromatic carbocycles. The molecule has 0 heterocycles. The lowest BCUT2D eigenvalue weighted by atomic mass is 11.4. The van der Waals surface area contributed by atoms with E-state index in [-0.39, 0.29) is 0 Å². The summed E-state index contributed by atoms with van der Waals surface area (Å²) in [7, 11) is -11.0. The maximum atomic E-state index is 11.4. The smallest absolute Gasteiger partial charge is 0.592 e. The van der Waals surface area contributed by atoms with Crippen LogP contribution in [0.3, 0.4) is 0 Å². The van der Waals surface area contributed by atoms with Gasteiger partial charge in [0.1, 0.15) is 0 Å². The summed E-state index contributed by atoms with van der Waals surface area (Å²) in [5.74, 6) is 0. The molecular formula is C2F6O4S2. The highest BCUT2D eigenvalue weighted by Gasteiger charge is 2.58. The van der Waals surface area contributed by atoms with Crippen molar-refractivity contribution in [2.75, 3.05) is 0 Å². The minimum absolute atomic E-state index is 2.07. The molecule has 0 amide bonds. The first kappa shape index (κ1) is 13.8. The van der Waals surface area contributed by atoms with Crippen molar-refractivity contribution in [3.8, 4) is 0 Å². The molecule has 0 radical (unpaired) electrons. The quantitative estimate of drug-likeness (QED) is 0.425. The Hall–Kier alpha value is -0.200. The van der Waals surface area contributed by atoms with E-state index in [2.05, 4.69) is 4.18 Å². The predicted molar refractivity (Wildman–Crippen MR) is 30.3 cm³/mol. The molecule has 0 saturated carbocycles. The molecule has 0 saturated heterocycles. The Kier molecular flexibility index (Phi) is 3.70. The van der Waals surface area contributed by atoms with E-state index < -0.39 is 31.2 Å². The summed E-state index contributed by atoms with van der Waals surface area (Å²) in [6.07, 6.45) is -5.85. The molecule has 0 aliphatic carbocycles. The Morgan fingerprint density at radius 2 is 1.43 bits per heavy atom. The van der Waals surface area contributed by atoms with Crippen LogP contribution in [-0.4, -0.2) is 24.8 Å². The van der Waals surface area contributed by atoms with Crippen molar-refractivity contribution >= 4 is 19.4 Å². The molecule has 0 bridgehead atoms. The molecule has 4 nitrogen and oxygen atoms in total. The van der Waals surface area contributed by atoms with Gasteiger partial charge in [-0.2, -0.15) is 0 Å². The van der Waals surface area contributed by atoms with Gasteiger partial charge in [-0.25, -0.2) is 0 Å². The predicted octanol–water partition coefficient (Wildman–Crippen LogP) is 1.04. The van der Waals surface area contributed by atoms with Crippen molar-refractivity contribution in [3.63, 3.8) is 0 Å². The normalized spacial score (nSPS) is 16.8. The first-order valence-electron chi connectivity index (χ1n) is 2.38. The Labute approximate surface area is 75.5 Å². The summed E-state index contributed by atoms with van der Waals surface area (Å²) in [5, 5.41) is 0. The molecule has 0 spiro atoms. The van der Waals surface area contributed by atoms with Crippen LogP contribution in [0.1, 0.15) is 0 Å². The molecule has 0 N–H and O–H groups in total. The van der Waals surface area contributed by atoms with E-state index >= 15 is 0 Å². The maximum absolute atomic E-state index is 11.4. The highest BCUT2D eigenvalue weighted by molar-refractivity contribution is 8.65. The molecule has 0 aliphatic heterocycles. The lowest BCUT2D eigenvalue weighted by molar-refractivity contribution is -0.270. The summed E-state index contributed by atoms with van der Waals surface area (Å²) < 4.78 is 99.8. The number of halogens is 6. The van der Waals surface area contributed by atoms with Gasteiger partial charge in [0.2, 0.25) is 10.2 Å². The zero-order chi connectivity index (χ0) is 11.8. The zero-order valence-corrected chi connectivity index (χ0v) is 7.35. The van der Waals surface area contributed by atoms with Crippen molar-refractivity contribution in [3.05, 3.63) is 0 Å². The summed E-state index contributed by atoms with van der Waals surface area (Å²) in [4.78, 5) is 0. The van der Waals surface area contributed by atoms with Crippen LogP contribution in [-0.2, 0) is 23.5 Å². The van der Waals surface area contributed by atoms with Crippen LogP contribution in [0.25, 0.3) is 0 Å². The average molecular weight is 266 g/mol. The number of hydrogen-bond donors (Lipinski definition) is 0. The van der Waals surface area contributed by atoms with Crippen molar-refractivity contribution in [2.24, 2.45) is 0 Å². The van der Waals surface area contributed by atoms with Gasteiger partial charge < -0.3 is 4.55 Å². The van der Waals surface area contributed by atoms with Gasteiger partial charge in [-0.3, -0.25) is 0 Å². The highest BCUT2D eigenvalue weighted by atomic mass is 33.2. The number of rotatable bonds is 2. The van der Waals surface area contributed by atoms with Crippen LogP contribution < -0.4 is 0 Å². The lowest BCUT2D eigenvalue weighted by Crippen LogP contribution is -2.35. The summed E-state index contributed by atoms with van der Waals surface area (Å²) in [5.41, 5.74) is -5.83. The zero-order valence-electron chi connectivity index (χ0n) is 5.72. The Bertz CT molecular complexity index is 288. The van der Waals surface area contributed by atoms with Crippen LogP contribution in [0.15, 0.2) is 0 Å². The van der Waals surface area contributed by atoms with E-state index in [1.807, 2.05) is 0 Å². The molecule has 14 heavy (non-hydrogen) atoms. The van der Waals surface area contributed by atoms with Crippen LogP contribution >= 0.6 is 0 Å². The van der Waals surface area contributed by atoms with Crippen LogP contribution in [0, 0.1) is 0 Å². The van der Waals surface area contributed by atoms with Crippen LogP contribution in [0.4, 0.5) is 26.3 Å². The molecule has 1 atom stereocenters. The third kappa shape index (κ3) is 4.34. The van der Waals surface area contributed by atoms with Gasteiger partial charge in [0.15, 0.2) is 0 Å². The Morgan fingerprint density at radius 3 is 1.64 bits per heavy atom. The molecule has 0 aromatic heterocycles. The standard InChI is InChI=1S/C2F6O4S2/c3-1(4,5)12-14(10,11)13(9)2(6,7)8. The number of hydrogen-bond acceptors (Lipinski definition) is 4. The van der Waals surface area contributed by atoms with Gasteiger partial charge in [-0.05, 0) is 0 Å². The first-order chi connectivity index (χ1) is 5.86. The van der Waals surface area contributed by atoms with Gasteiger partial charge >= 0.3 is 21.0 Å². The van der Waals surface area contributed by atoms with Gasteiger partial charge in [-0.1, -0.05) is 0 Å². The monoisotopic (exact) mass is 266 g/mol. The van der Waals surface area contributed by atoms with Crippen LogP contribution in [0.2, 0.25) is 0 Å². The van der Waals surface area contributed by atoms with Crippen LogP contribution in [0.5, 0.6) is 0 Å².